The molecule has 3 aliphatic rings. The van der Waals surface area contributed by atoms with Crippen molar-refractivity contribution in [2.45, 2.75) is 62.6 Å². The summed E-state index contributed by atoms with van der Waals surface area (Å²) in [4.78, 5) is 14.8. The van der Waals surface area contributed by atoms with Crippen molar-refractivity contribution >= 4 is 30.7 Å². The molecule has 3 fully saturated rings. The average Bonchev–Trinajstić information content (AvgIpc) is 2.97. The molecule has 2 N–H and O–H groups in total. The van der Waals surface area contributed by atoms with E-state index in [1.54, 1.807) is 0 Å². The Morgan fingerprint density at radius 3 is 2.50 bits per heavy atom. The third-order valence-corrected chi connectivity index (χ3v) is 6.14. The fourth-order valence-electron chi connectivity index (χ4n) is 4.43. The van der Waals surface area contributed by atoms with Crippen LogP contribution in [-0.4, -0.2) is 62.3 Å². The van der Waals surface area contributed by atoms with Gasteiger partial charge in [-0.3, -0.25) is 4.79 Å². The van der Waals surface area contributed by atoms with E-state index in [0.717, 1.165) is 44.9 Å². The summed E-state index contributed by atoms with van der Waals surface area (Å²) in [5, 5.41) is 6.80. The zero-order valence-electron chi connectivity index (χ0n) is 14.9. The molecular formula is C17H33Cl2N3O2. The van der Waals surface area contributed by atoms with Crippen molar-refractivity contribution in [1.29, 1.82) is 0 Å². The smallest absolute Gasteiger partial charge is 0.237 e. The minimum absolute atomic E-state index is 0. The Bertz CT molecular complexity index is 389. The van der Waals surface area contributed by atoms with E-state index in [1.807, 2.05) is 0 Å². The molecule has 3 rings (SSSR count). The fourth-order valence-corrected chi connectivity index (χ4v) is 4.43. The normalized spacial score (nSPS) is 31.5. The summed E-state index contributed by atoms with van der Waals surface area (Å²) in [6.07, 6.45) is 8.18. The Kier molecular flexibility index (Phi) is 8.77. The fraction of sp³-hybridized carbons (Fsp3) is 0.941. The number of fused-ring (bicyclic) bond motifs is 1. The second-order valence-electron chi connectivity index (χ2n) is 7.55. The van der Waals surface area contributed by atoms with Gasteiger partial charge in [0.1, 0.15) is 0 Å². The van der Waals surface area contributed by atoms with E-state index in [4.69, 9.17) is 4.74 Å². The quantitative estimate of drug-likeness (QED) is 0.781. The minimum atomic E-state index is 0. The molecule has 2 heterocycles. The Balaban J connectivity index is 0.00000144. The molecule has 5 nitrogen and oxygen atoms in total. The molecule has 0 aromatic rings. The maximum atomic E-state index is 12.6. The summed E-state index contributed by atoms with van der Waals surface area (Å²) in [5.74, 6) is 0.914. The molecule has 3 unspecified atom stereocenters. The van der Waals surface area contributed by atoms with Gasteiger partial charge in [0.15, 0.2) is 0 Å². The van der Waals surface area contributed by atoms with Crippen LogP contribution in [0.15, 0.2) is 0 Å². The number of nitrogens with one attached hydrogen (secondary N) is 2. The number of amides is 1. The lowest BCUT2D eigenvalue weighted by Crippen LogP contribution is -2.57. The van der Waals surface area contributed by atoms with Gasteiger partial charge in [0.2, 0.25) is 5.91 Å². The molecule has 142 valence electrons. The first-order chi connectivity index (χ1) is 10.6. The molecule has 3 atom stereocenters. The lowest BCUT2D eigenvalue weighted by molar-refractivity contribution is -0.124. The molecule has 7 heteroatoms. The first kappa shape index (κ1) is 22.0. The average molecular weight is 382 g/mol. The number of carbonyl (C=O) groups excluding carboxylic acids is 1. The van der Waals surface area contributed by atoms with Gasteiger partial charge in [0.05, 0.1) is 6.04 Å². The molecule has 0 bridgehead atoms. The second-order valence-corrected chi connectivity index (χ2v) is 7.55. The lowest BCUT2D eigenvalue weighted by atomic mass is 9.85. The Morgan fingerprint density at radius 2 is 1.88 bits per heavy atom. The monoisotopic (exact) mass is 381 g/mol. The predicted octanol–water partition coefficient (Wildman–Crippen LogP) is 1.98. The van der Waals surface area contributed by atoms with Gasteiger partial charge in [0.25, 0.3) is 0 Å². The lowest BCUT2D eigenvalue weighted by Gasteiger charge is -2.43. The number of halogens is 2. The largest absolute Gasteiger partial charge is 0.381 e. The van der Waals surface area contributed by atoms with Crippen molar-refractivity contribution in [3.8, 4) is 0 Å². The molecule has 0 radical (unpaired) electrons. The van der Waals surface area contributed by atoms with E-state index in [2.05, 4.69) is 29.6 Å². The molecule has 1 saturated carbocycles. The molecule has 1 amide bonds. The van der Waals surface area contributed by atoms with E-state index in [0.29, 0.717) is 6.04 Å². The van der Waals surface area contributed by atoms with Gasteiger partial charge in [-0.1, -0.05) is 12.8 Å². The predicted molar refractivity (Wildman–Crippen MR) is 101 cm³/mol. The second kappa shape index (κ2) is 9.58. The minimum Gasteiger partial charge on any atom is -0.381 e. The molecule has 0 spiro atoms. The van der Waals surface area contributed by atoms with Crippen LogP contribution in [0.1, 0.15) is 44.9 Å². The van der Waals surface area contributed by atoms with Crippen molar-refractivity contribution < 1.29 is 9.53 Å². The number of rotatable bonds is 4. The van der Waals surface area contributed by atoms with Gasteiger partial charge in [-0.15, -0.1) is 24.8 Å². The van der Waals surface area contributed by atoms with Crippen LogP contribution in [0.2, 0.25) is 0 Å². The van der Waals surface area contributed by atoms with Crippen molar-refractivity contribution in [2.24, 2.45) is 5.92 Å². The van der Waals surface area contributed by atoms with E-state index in [1.165, 1.54) is 25.7 Å². The number of ether oxygens (including phenoxy) is 1. The van der Waals surface area contributed by atoms with Crippen LogP contribution in [0.25, 0.3) is 0 Å². The van der Waals surface area contributed by atoms with Gasteiger partial charge in [-0.2, -0.15) is 0 Å². The highest BCUT2D eigenvalue weighted by Crippen LogP contribution is 2.33. The summed E-state index contributed by atoms with van der Waals surface area (Å²) < 4.78 is 5.49. The third kappa shape index (κ3) is 4.76. The number of carbonyl (C=O) groups is 1. The SMILES string of the molecule is CN(C)C1(CNC(=O)C2CC3CCCCC3N2)CCOCC1.Cl.Cl. The standard InChI is InChI=1S/C17H31N3O2.2ClH/c1-20(2)17(7-9-22-10-8-17)12-18-16(21)15-11-13-5-3-4-6-14(13)19-15;;/h13-15,19H,3-12H2,1-2H3,(H,18,21);2*1H. The molecule has 1 aliphatic carbocycles. The molecule has 2 aliphatic heterocycles. The summed E-state index contributed by atoms with van der Waals surface area (Å²) >= 11 is 0. The summed E-state index contributed by atoms with van der Waals surface area (Å²) in [7, 11) is 4.22. The van der Waals surface area contributed by atoms with Crippen molar-refractivity contribution in [3.63, 3.8) is 0 Å². The number of hydrogen-bond donors (Lipinski definition) is 2. The van der Waals surface area contributed by atoms with E-state index in [9.17, 15) is 4.79 Å². The Morgan fingerprint density at radius 1 is 1.21 bits per heavy atom. The molecular weight excluding hydrogens is 349 g/mol. The summed E-state index contributed by atoms with van der Waals surface area (Å²) in [6, 6.07) is 0.600. The maximum Gasteiger partial charge on any atom is 0.237 e. The van der Waals surface area contributed by atoms with E-state index < -0.39 is 0 Å². The first-order valence-electron chi connectivity index (χ1n) is 8.90. The number of hydrogen-bond acceptors (Lipinski definition) is 4. The van der Waals surface area contributed by atoms with Crippen LogP contribution in [0.4, 0.5) is 0 Å². The topological polar surface area (TPSA) is 53.6 Å². The van der Waals surface area contributed by atoms with Gasteiger partial charge in [-0.25, -0.2) is 0 Å². The Labute approximate surface area is 158 Å². The van der Waals surface area contributed by atoms with Gasteiger partial charge >= 0.3 is 0 Å². The van der Waals surface area contributed by atoms with Crippen LogP contribution < -0.4 is 10.6 Å². The molecule has 0 aromatic carbocycles. The maximum absolute atomic E-state index is 12.6. The van der Waals surface area contributed by atoms with Crippen LogP contribution in [0, 0.1) is 5.92 Å². The first-order valence-corrected chi connectivity index (χ1v) is 8.90. The highest BCUT2D eigenvalue weighted by molar-refractivity contribution is 5.85. The van der Waals surface area contributed by atoms with Gasteiger partial charge in [-0.05, 0) is 52.1 Å². The van der Waals surface area contributed by atoms with Gasteiger partial charge in [0, 0.05) is 31.3 Å². The van der Waals surface area contributed by atoms with Crippen molar-refractivity contribution in [2.75, 3.05) is 33.9 Å². The summed E-state index contributed by atoms with van der Waals surface area (Å²) in [5.41, 5.74) is 0.0548. The Hall–Kier alpha value is -0.0700. The van der Waals surface area contributed by atoms with Crippen molar-refractivity contribution in [1.82, 2.24) is 15.5 Å². The highest BCUT2D eigenvalue weighted by atomic mass is 35.5. The number of likely N-dealkylation sites (N-methyl/N-ethyl adjacent to an activating group) is 1. The van der Waals surface area contributed by atoms with E-state index >= 15 is 0 Å². The zero-order chi connectivity index (χ0) is 15.6. The van der Waals surface area contributed by atoms with Crippen molar-refractivity contribution in [3.05, 3.63) is 0 Å². The van der Waals surface area contributed by atoms with Crippen LogP contribution >= 0.6 is 24.8 Å². The molecule has 0 aromatic heterocycles. The number of nitrogens with zero attached hydrogens (tertiary/aromatic N) is 1. The molecule has 2 saturated heterocycles. The molecule has 24 heavy (non-hydrogen) atoms. The van der Waals surface area contributed by atoms with Crippen LogP contribution in [0.5, 0.6) is 0 Å². The van der Waals surface area contributed by atoms with E-state index in [-0.39, 0.29) is 42.3 Å². The van der Waals surface area contributed by atoms with Crippen LogP contribution in [-0.2, 0) is 9.53 Å². The highest BCUT2D eigenvalue weighted by Gasteiger charge is 2.40. The zero-order valence-corrected chi connectivity index (χ0v) is 16.5. The third-order valence-electron chi connectivity index (χ3n) is 6.14. The van der Waals surface area contributed by atoms with Gasteiger partial charge < -0.3 is 20.3 Å². The summed E-state index contributed by atoms with van der Waals surface area (Å²) in [6.45, 7) is 2.31. The van der Waals surface area contributed by atoms with Crippen LogP contribution in [0.3, 0.4) is 0 Å².